The molecule has 0 aliphatic rings. The summed E-state index contributed by atoms with van der Waals surface area (Å²) in [4.78, 5) is 3.97. The Morgan fingerprint density at radius 2 is 2.14 bits per heavy atom. The van der Waals surface area contributed by atoms with Crippen molar-refractivity contribution >= 4 is 11.6 Å². The molecule has 2 N–H and O–H groups in total. The molecule has 2 rings (SSSR count). The van der Waals surface area contributed by atoms with Gasteiger partial charge in [-0.25, -0.2) is 4.98 Å². The minimum atomic E-state index is -0.993. The third-order valence-corrected chi connectivity index (χ3v) is 3.83. The van der Waals surface area contributed by atoms with Gasteiger partial charge in [-0.3, -0.25) is 0 Å². The molecule has 0 aromatic carbocycles. The molecule has 0 aliphatic heterocycles. The number of pyridine rings is 1. The van der Waals surface area contributed by atoms with Crippen LogP contribution in [0.2, 0.25) is 5.15 Å². The number of hydrogen-bond acceptors (Lipinski definition) is 4. The van der Waals surface area contributed by atoms with E-state index in [9.17, 15) is 5.11 Å². The normalized spacial score (nSPS) is 15.7. The lowest BCUT2D eigenvalue weighted by molar-refractivity contribution is 0.0529. The van der Waals surface area contributed by atoms with Crippen LogP contribution < -0.4 is 5.32 Å². The third-order valence-electron chi connectivity index (χ3n) is 3.62. The molecule has 114 valence electrons. The van der Waals surface area contributed by atoms with E-state index in [1.54, 1.807) is 13.1 Å². The summed E-state index contributed by atoms with van der Waals surface area (Å²) in [6.45, 7) is 7.96. The van der Waals surface area contributed by atoms with Crippen molar-refractivity contribution in [1.29, 1.82) is 0 Å². The Labute approximate surface area is 130 Å². The van der Waals surface area contributed by atoms with E-state index in [2.05, 4.69) is 10.3 Å². The molecule has 21 heavy (non-hydrogen) atoms. The molecule has 2 aromatic rings. The maximum Gasteiger partial charge on any atom is 0.129 e. The Morgan fingerprint density at radius 3 is 2.71 bits per heavy atom. The van der Waals surface area contributed by atoms with Crippen LogP contribution >= 0.6 is 11.6 Å². The van der Waals surface area contributed by atoms with Crippen molar-refractivity contribution < 1.29 is 9.52 Å². The van der Waals surface area contributed by atoms with Gasteiger partial charge in [0, 0.05) is 24.3 Å². The number of rotatable bonds is 5. The molecule has 2 heterocycles. The number of nitrogens with one attached hydrogen (secondary N) is 1. The van der Waals surface area contributed by atoms with Crippen LogP contribution in [0, 0.1) is 13.8 Å². The van der Waals surface area contributed by atoms with E-state index in [4.69, 9.17) is 16.0 Å². The first kappa shape index (κ1) is 16.0. The first-order chi connectivity index (χ1) is 9.79. The van der Waals surface area contributed by atoms with Gasteiger partial charge in [-0.05, 0) is 51.5 Å². The fourth-order valence-electron chi connectivity index (χ4n) is 2.42. The quantitative estimate of drug-likeness (QED) is 0.830. The molecular formula is C16H21ClN2O2. The maximum atomic E-state index is 10.7. The second kappa shape index (κ2) is 6.18. The van der Waals surface area contributed by atoms with E-state index in [0.29, 0.717) is 11.7 Å². The highest BCUT2D eigenvalue weighted by Gasteiger charge is 2.28. The summed E-state index contributed by atoms with van der Waals surface area (Å²) < 4.78 is 5.49. The minimum Gasteiger partial charge on any atom is -0.466 e. The molecule has 0 bridgehead atoms. The molecule has 0 spiro atoms. The van der Waals surface area contributed by atoms with Gasteiger partial charge in [0.15, 0.2) is 0 Å². The summed E-state index contributed by atoms with van der Waals surface area (Å²) >= 11 is 5.90. The zero-order valence-corrected chi connectivity index (χ0v) is 13.5. The molecule has 2 unspecified atom stereocenters. The predicted octanol–water partition coefficient (Wildman–Crippen LogP) is 3.50. The molecule has 0 saturated carbocycles. The van der Waals surface area contributed by atoms with Gasteiger partial charge in [0.25, 0.3) is 0 Å². The number of hydrogen-bond donors (Lipinski definition) is 2. The number of halogens is 1. The Hall–Kier alpha value is -1.36. The van der Waals surface area contributed by atoms with Crippen LogP contribution in [0.15, 0.2) is 28.8 Å². The first-order valence-electron chi connectivity index (χ1n) is 6.94. The van der Waals surface area contributed by atoms with Crippen LogP contribution in [0.3, 0.4) is 0 Å². The summed E-state index contributed by atoms with van der Waals surface area (Å²) in [7, 11) is 0. The summed E-state index contributed by atoms with van der Waals surface area (Å²) in [6.07, 6.45) is 1.68. The highest BCUT2D eigenvalue weighted by Crippen LogP contribution is 2.27. The monoisotopic (exact) mass is 308 g/mol. The Balaban J connectivity index is 2.06. The first-order valence-corrected chi connectivity index (χ1v) is 7.32. The van der Waals surface area contributed by atoms with Crippen LogP contribution in [0.5, 0.6) is 0 Å². The lowest BCUT2D eigenvalue weighted by Gasteiger charge is -2.26. The molecule has 4 nitrogen and oxygen atoms in total. The number of nitrogens with zero attached hydrogens (tertiary/aromatic N) is 1. The van der Waals surface area contributed by atoms with Gasteiger partial charge in [-0.15, -0.1) is 0 Å². The van der Waals surface area contributed by atoms with Crippen molar-refractivity contribution in [3.8, 4) is 0 Å². The smallest absolute Gasteiger partial charge is 0.129 e. The molecule has 0 amide bonds. The van der Waals surface area contributed by atoms with E-state index < -0.39 is 5.60 Å². The number of furan rings is 1. The lowest BCUT2D eigenvalue weighted by Crippen LogP contribution is -2.36. The van der Waals surface area contributed by atoms with E-state index in [1.807, 2.05) is 39.0 Å². The van der Waals surface area contributed by atoms with Gasteiger partial charge in [-0.1, -0.05) is 11.6 Å². The van der Waals surface area contributed by atoms with Crippen molar-refractivity contribution in [2.75, 3.05) is 6.54 Å². The van der Waals surface area contributed by atoms with Crippen molar-refractivity contribution in [3.05, 3.63) is 52.2 Å². The van der Waals surface area contributed by atoms with Gasteiger partial charge < -0.3 is 14.8 Å². The van der Waals surface area contributed by atoms with Crippen LogP contribution in [0.4, 0.5) is 0 Å². The molecule has 5 heteroatoms. The lowest BCUT2D eigenvalue weighted by atomic mass is 9.95. The van der Waals surface area contributed by atoms with Crippen LogP contribution in [0.1, 0.15) is 42.5 Å². The number of aryl methyl sites for hydroxylation is 2. The maximum absolute atomic E-state index is 10.7. The molecule has 2 aromatic heterocycles. The van der Waals surface area contributed by atoms with E-state index in [0.717, 1.165) is 22.6 Å². The molecule has 0 saturated heterocycles. The highest BCUT2D eigenvalue weighted by molar-refractivity contribution is 6.29. The van der Waals surface area contributed by atoms with Crippen molar-refractivity contribution in [2.24, 2.45) is 0 Å². The average Bonchev–Trinajstić information content (AvgIpc) is 2.76. The van der Waals surface area contributed by atoms with Crippen molar-refractivity contribution in [3.63, 3.8) is 0 Å². The zero-order chi connectivity index (χ0) is 15.6. The van der Waals surface area contributed by atoms with Gasteiger partial charge >= 0.3 is 0 Å². The third kappa shape index (κ3) is 3.84. The fourth-order valence-corrected chi connectivity index (χ4v) is 2.60. The minimum absolute atomic E-state index is 0.0604. The average molecular weight is 309 g/mol. The van der Waals surface area contributed by atoms with Gasteiger partial charge in [0.2, 0.25) is 0 Å². The van der Waals surface area contributed by atoms with Gasteiger partial charge in [0.1, 0.15) is 22.3 Å². The second-order valence-electron chi connectivity index (χ2n) is 5.62. The van der Waals surface area contributed by atoms with E-state index in [1.165, 1.54) is 0 Å². The zero-order valence-electron chi connectivity index (χ0n) is 12.8. The fraction of sp³-hybridized carbons (Fsp3) is 0.438. The van der Waals surface area contributed by atoms with Gasteiger partial charge in [-0.2, -0.15) is 0 Å². The standard InChI is InChI=1S/C16H21ClN2O2/c1-10-7-14(12(3)21-10)16(4,20)9-19-11(2)13-5-6-18-15(17)8-13/h5-8,11,19-20H,9H2,1-4H3. The molecule has 0 aliphatic carbocycles. The Morgan fingerprint density at radius 1 is 1.43 bits per heavy atom. The highest BCUT2D eigenvalue weighted by atomic mass is 35.5. The number of aliphatic hydroxyl groups is 1. The van der Waals surface area contributed by atoms with E-state index >= 15 is 0 Å². The molecule has 2 atom stereocenters. The van der Waals surface area contributed by atoms with Crippen LogP contribution in [-0.2, 0) is 5.60 Å². The van der Waals surface area contributed by atoms with Crippen LogP contribution in [0.25, 0.3) is 0 Å². The second-order valence-corrected chi connectivity index (χ2v) is 6.00. The summed E-state index contributed by atoms with van der Waals surface area (Å²) in [5.41, 5.74) is 0.853. The SMILES string of the molecule is Cc1cc(C(C)(O)CNC(C)c2ccnc(Cl)c2)c(C)o1. The summed E-state index contributed by atoms with van der Waals surface area (Å²) in [5, 5.41) is 14.5. The Kier molecular flexibility index (Phi) is 4.71. The largest absolute Gasteiger partial charge is 0.466 e. The summed E-state index contributed by atoms with van der Waals surface area (Å²) in [6, 6.07) is 5.67. The van der Waals surface area contributed by atoms with Crippen molar-refractivity contribution in [1.82, 2.24) is 10.3 Å². The molecule has 0 radical (unpaired) electrons. The van der Waals surface area contributed by atoms with E-state index in [-0.39, 0.29) is 6.04 Å². The topological polar surface area (TPSA) is 58.3 Å². The number of aromatic nitrogens is 1. The molecule has 0 fully saturated rings. The Bertz CT molecular complexity index is 622. The summed E-state index contributed by atoms with van der Waals surface area (Å²) in [5.74, 6) is 1.55. The van der Waals surface area contributed by atoms with Crippen LogP contribution in [-0.4, -0.2) is 16.6 Å². The molecular weight excluding hydrogens is 288 g/mol. The predicted molar refractivity (Wildman–Crippen MR) is 83.4 cm³/mol. The van der Waals surface area contributed by atoms with Crippen molar-refractivity contribution in [2.45, 2.75) is 39.3 Å². The van der Waals surface area contributed by atoms with Gasteiger partial charge in [0.05, 0.1) is 0 Å².